The summed E-state index contributed by atoms with van der Waals surface area (Å²) in [7, 11) is 0. The highest BCUT2D eigenvalue weighted by Crippen LogP contribution is 2.44. The van der Waals surface area contributed by atoms with Crippen LogP contribution in [0.1, 0.15) is 31.4 Å². The Morgan fingerprint density at radius 2 is 2.04 bits per heavy atom. The van der Waals surface area contributed by atoms with Crippen LogP contribution in [0.15, 0.2) is 36.8 Å². The van der Waals surface area contributed by atoms with Crippen molar-refractivity contribution >= 4 is 11.7 Å². The van der Waals surface area contributed by atoms with Gasteiger partial charge in [0.2, 0.25) is 0 Å². The highest BCUT2D eigenvalue weighted by Gasteiger charge is 2.42. The van der Waals surface area contributed by atoms with Crippen LogP contribution in [0.4, 0.5) is 10.5 Å². The predicted molar refractivity (Wildman–Crippen MR) is 87.0 cm³/mol. The van der Waals surface area contributed by atoms with E-state index >= 15 is 0 Å². The van der Waals surface area contributed by atoms with E-state index in [9.17, 15) is 4.79 Å². The molecule has 2 aliphatic carbocycles. The van der Waals surface area contributed by atoms with Crippen molar-refractivity contribution in [1.29, 1.82) is 0 Å². The summed E-state index contributed by atoms with van der Waals surface area (Å²) in [6.07, 6.45) is 10.3. The van der Waals surface area contributed by atoms with Gasteiger partial charge in [0.25, 0.3) is 0 Å². The van der Waals surface area contributed by atoms with Crippen LogP contribution in [0.25, 0.3) is 0 Å². The number of rotatable bonds is 6. The number of pyridine rings is 1. The zero-order chi connectivity index (χ0) is 15.6. The Morgan fingerprint density at radius 1 is 1.26 bits per heavy atom. The lowest BCUT2D eigenvalue weighted by atomic mass is 10.1. The second-order valence-corrected chi connectivity index (χ2v) is 6.55. The first-order valence-corrected chi connectivity index (χ1v) is 8.28. The van der Waals surface area contributed by atoms with Crippen molar-refractivity contribution in [3.63, 3.8) is 0 Å². The topological polar surface area (TPSA) is 71.8 Å². The maximum absolute atomic E-state index is 12.2. The number of nitrogens with zero attached hydrogens (tertiary/aromatic N) is 3. The lowest BCUT2D eigenvalue weighted by Gasteiger charge is -2.17. The smallest absolute Gasteiger partial charge is 0.319 e. The van der Waals surface area contributed by atoms with E-state index < -0.39 is 0 Å². The number of hydrogen-bond acceptors (Lipinski definition) is 3. The number of nitrogens with one attached hydrogen (secondary N) is 2. The van der Waals surface area contributed by atoms with Crippen molar-refractivity contribution < 1.29 is 4.79 Å². The fourth-order valence-corrected chi connectivity index (χ4v) is 3.02. The molecule has 2 aromatic rings. The zero-order valence-corrected chi connectivity index (χ0v) is 13.0. The molecule has 0 aliphatic heterocycles. The molecule has 2 fully saturated rings. The molecular formula is C17H21N5O. The van der Waals surface area contributed by atoms with Gasteiger partial charge >= 0.3 is 6.03 Å². The summed E-state index contributed by atoms with van der Waals surface area (Å²) in [5.74, 6) is 1.39. The quantitative estimate of drug-likeness (QED) is 0.861. The molecule has 0 spiro atoms. The predicted octanol–water partition coefficient (Wildman–Crippen LogP) is 2.64. The Hall–Kier alpha value is -2.37. The molecule has 23 heavy (non-hydrogen) atoms. The molecule has 0 aromatic carbocycles. The van der Waals surface area contributed by atoms with Gasteiger partial charge < -0.3 is 10.6 Å². The van der Waals surface area contributed by atoms with Crippen LogP contribution in [0.5, 0.6) is 0 Å². The minimum absolute atomic E-state index is 0.119. The van der Waals surface area contributed by atoms with Gasteiger partial charge in [-0.15, -0.1) is 0 Å². The third-order valence-electron chi connectivity index (χ3n) is 4.50. The maximum atomic E-state index is 12.2. The van der Waals surface area contributed by atoms with Crippen molar-refractivity contribution in [3.05, 3.63) is 42.5 Å². The molecule has 0 radical (unpaired) electrons. The van der Waals surface area contributed by atoms with Gasteiger partial charge in [0.05, 0.1) is 24.1 Å². The number of carbonyl (C=O) groups is 1. The maximum Gasteiger partial charge on any atom is 0.319 e. The van der Waals surface area contributed by atoms with Gasteiger partial charge in [0.15, 0.2) is 0 Å². The highest BCUT2D eigenvalue weighted by molar-refractivity contribution is 5.89. The van der Waals surface area contributed by atoms with Gasteiger partial charge in [-0.1, -0.05) is 6.07 Å². The molecule has 2 amide bonds. The van der Waals surface area contributed by atoms with E-state index in [0.717, 1.165) is 5.69 Å². The first kappa shape index (κ1) is 14.2. The number of carbonyl (C=O) groups excluding carboxylic acids is 1. The third-order valence-corrected chi connectivity index (χ3v) is 4.50. The number of anilines is 1. The normalized spacial score (nSPS) is 17.3. The molecule has 0 unspecified atom stereocenters. The van der Waals surface area contributed by atoms with Crippen molar-refractivity contribution in [1.82, 2.24) is 20.1 Å². The first-order valence-electron chi connectivity index (χ1n) is 8.28. The molecule has 0 bridgehead atoms. The Morgan fingerprint density at radius 3 is 2.70 bits per heavy atom. The van der Waals surface area contributed by atoms with E-state index in [1.54, 1.807) is 17.1 Å². The summed E-state index contributed by atoms with van der Waals surface area (Å²) >= 11 is 0. The molecule has 2 saturated carbocycles. The highest BCUT2D eigenvalue weighted by atomic mass is 16.2. The van der Waals surface area contributed by atoms with Crippen LogP contribution >= 0.6 is 0 Å². The lowest BCUT2D eigenvalue weighted by molar-refractivity contribution is 0.245. The van der Waals surface area contributed by atoms with Gasteiger partial charge in [-0.2, -0.15) is 5.10 Å². The monoisotopic (exact) mass is 311 g/mol. The van der Waals surface area contributed by atoms with Crippen LogP contribution in [0.2, 0.25) is 0 Å². The van der Waals surface area contributed by atoms with E-state index in [1.807, 2.05) is 24.4 Å². The van der Waals surface area contributed by atoms with Crippen LogP contribution < -0.4 is 10.6 Å². The number of amides is 2. The van der Waals surface area contributed by atoms with Gasteiger partial charge in [-0.05, 0) is 49.7 Å². The average Bonchev–Trinajstić information content (AvgIpc) is 3.46. The lowest BCUT2D eigenvalue weighted by Crippen LogP contribution is -2.40. The van der Waals surface area contributed by atoms with Crippen LogP contribution in [0.3, 0.4) is 0 Å². The molecule has 4 rings (SSSR count). The Labute approximate surface area is 135 Å². The number of urea groups is 1. The van der Waals surface area contributed by atoms with E-state index in [4.69, 9.17) is 0 Å². The molecule has 6 nitrogen and oxygen atoms in total. The van der Waals surface area contributed by atoms with Gasteiger partial charge in [-0.25, -0.2) is 4.79 Å². The van der Waals surface area contributed by atoms with Crippen LogP contribution in [0, 0.1) is 11.8 Å². The van der Waals surface area contributed by atoms with Crippen LogP contribution in [-0.4, -0.2) is 26.8 Å². The SMILES string of the molecule is O=C(Nc1cnn(Cc2ccccn2)c1)NC(C1CC1)C1CC1. The molecule has 2 N–H and O–H groups in total. The largest absolute Gasteiger partial charge is 0.335 e. The van der Waals surface area contributed by atoms with Crippen molar-refractivity contribution in [2.24, 2.45) is 11.8 Å². The van der Waals surface area contributed by atoms with Gasteiger partial charge in [0, 0.05) is 18.4 Å². The zero-order valence-electron chi connectivity index (χ0n) is 13.0. The van der Waals surface area contributed by atoms with Crippen molar-refractivity contribution in [2.45, 2.75) is 38.3 Å². The minimum Gasteiger partial charge on any atom is -0.335 e. The van der Waals surface area contributed by atoms with E-state index in [2.05, 4.69) is 20.7 Å². The number of hydrogen-bond donors (Lipinski definition) is 2. The number of aromatic nitrogens is 3. The molecule has 2 aliphatic rings. The average molecular weight is 311 g/mol. The van der Waals surface area contributed by atoms with Crippen LogP contribution in [-0.2, 0) is 6.54 Å². The van der Waals surface area contributed by atoms with Crippen molar-refractivity contribution in [3.8, 4) is 0 Å². The second kappa shape index (κ2) is 6.02. The molecule has 120 valence electrons. The van der Waals surface area contributed by atoms with E-state index in [-0.39, 0.29) is 6.03 Å². The third kappa shape index (κ3) is 3.70. The molecule has 2 aromatic heterocycles. The van der Waals surface area contributed by atoms with E-state index in [1.165, 1.54) is 25.7 Å². The standard InChI is InChI=1S/C17H21N5O/c23-17(21-16(12-4-5-12)13-6-7-13)20-15-9-19-22(11-15)10-14-3-1-2-8-18-14/h1-3,8-9,11-13,16H,4-7,10H2,(H2,20,21,23). The molecule has 0 saturated heterocycles. The minimum atomic E-state index is -0.119. The van der Waals surface area contributed by atoms with E-state index in [0.29, 0.717) is 30.1 Å². The molecular weight excluding hydrogens is 290 g/mol. The van der Waals surface area contributed by atoms with Gasteiger partial charge in [-0.3, -0.25) is 9.67 Å². The Bertz CT molecular complexity index is 663. The molecule has 6 heteroatoms. The summed E-state index contributed by atoms with van der Waals surface area (Å²) in [4.78, 5) is 16.5. The van der Waals surface area contributed by atoms with Crippen molar-refractivity contribution in [2.75, 3.05) is 5.32 Å². The summed E-state index contributed by atoms with van der Waals surface area (Å²) in [6, 6.07) is 6.04. The van der Waals surface area contributed by atoms with Gasteiger partial charge in [0.1, 0.15) is 0 Å². The summed E-state index contributed by atoms with van der Waals surface area (Å²) in [6.45, 7) is 0.594. The molecule has 2 heterocycles. The fourth-order valence-electron chi connectivity index (χ4n) is 3.02. The Kier molecular flexibility index (Phi) is 3.73. The summed E-state index contributed by atoms with van der Waals surface area (Å²) < 4.78 is 1.78. The summed E-state index contributed by atoms with van der Waals surface area (Å²) in [5.41, 5.74) is 1.65. The molecule has 0 atom stereocenters. The summed E-state index contributed by atoms with van der Waals surface area (Å²) in [5, 5.41) is 10.3. The Balaban J connectivity index is 1.32. The fraction of sp³-hybridized carbons (Fsp3) is 0.471. The first-order chi connectivity index (χ1) is 11.3. The second-order valence-electron chi connectivity index (χ2n) is 6.55.